The number of urea groups is 1. The number of hydrogen-bond donors (Lipinski definition) is 1. The van der Waals surface area contributed by atoms with E-state index in [9.17, 15) is 9.59 Å². The van der Waals surface area contributed by atoms with E-state index in [1.165, 1.54) is 0 Å². The van der Waals surface area contributed by atoms with E-state index in [2.05, 4.69) is 5.32 Å². The Morgan fingerprint density at radius 3 is 2.71 bits per heavy atom. The summed E-state index contributed by atoms with van der Waals surface area (Å²) in [5.41, 5.74) is 1.78. The lowest BCUT2D eigenvalue weighted by Gasteiger charge is -2.29. The molecule has 2 heterocycles. The molecule has 1 N–H and O–H groups in total. The van der Waals surface area contributed by atoms with Gasteiger partial charge in [0.1, 0.15) is 17.4 Å². The fourth-order valence-electron chi connectivity index (χ4n) is 4.02. The van der Waals surface area contributed by atoms with E-state index in [0.717, 1.165) is 23.0 Å². The monoisotopic (exact) mass is 439 g/mol. The maximum Gasteiger partial charge on any atom is 0.318 e. The van der Waals surface area contributed by atoms with E-state index in [1.807, 2.05) is 61.5 Å². The van der Waals surface area contributed by atoms with Crippen molar-refractivity contribution in [2.45, 2.75) is 38.4 Å². The smallest absolute Gasteiger partial charge is 0.318 e. The molecule has 0 saturated carbocycles. The van der Waals surface area contributed by atoms with Crippen molar-refractivity contribution >= 4 is 34.5 Å². The van der Waals surface area contributed by atoms with E-state index in [4.69, 9.17) is 16.0 Å². The van der Waals surface area contributed by atoms with Gasteiger partial charge in [0.2, 0.25) is 5.91 Å². The molecule has 0 spiro atoms. The molecule has 6 nitrogen and oxygen atoms in total. The number of furan rings is 1. The molecule has 1 aliphatic rings. The molecule has 162 valence electrons. The van der Waals surface area contributed by atoms with Gasteiger partial charge >= 0.3 is 6.03 Å². The van der Waals surface area contributed by atoms with Gasteiger partial charge in [-0.2, -0.15) is 0 Å². The van der Waals surface area contributed by atoms with Gasteiger partial charge in [-0.3, -0.25) is 4.79 Å². The number of likely N-dealkylation sites (N-methyl/N-ethyl adjacent to an activating group) is 1. The third-order valence-electron chi connectivity index (χ3n) is 5.72. The average molecular weight is 440 g/mol. The molecule has 3 amide bonds. The van der Waals surface area contributed by atoms with Crippen LogP contribution in [0.4, 0.5) is 4.79 Å². The molecule has 31 heavy (non-hydrogen) atoms. The minimum atomic E-state index is -0.458. The first kappa shape index (κ1) is 21.2. The van der Waals surface area contributed by atoms with Crippen molar-refractivity contribution in [2.75, 3.05) is 13.6 Å². The second-order valence-corrected chi connectivity index (χ2v) is 8.47. The largest absolute Gasteiger partial charge is 0.459 e. The standard InChI is InChI=1S/C24H26ClN3O3/c1-16(22-14-18-6-3-4-8-21(18)31-22)26-24(30)28-13-5-7-20(28)23(29)27(2)15-17-9-11-19(25)12-10-17/h3-4,6,8-12,14,16,20H,5,7,13,15H2,1-2H3,(H,26,30). The Kier molecular flexibility index (Phi) is 6.18. The Hall–Kier alpha value is -2.99. The average Bonchev–Trinajstić information content (AvgIpc) is 3.42. The molecule has 1 aliphatic heterocycles. The lowest BCUT2D eigenvalue weighted by atomic mass is 10.1. The third kappa shape index (κ3) is 4.69. The van der Waals surface area contributed by atoms with Crippen LogP contribution in [0.25, 0.3) is 11.0 Å². The minimum absolute atomic E-state index is 0.0565. The van der Waals surface area contributed by atoms with E-state index in [1.54, 1.807) is 16.8 Å². The number of nitrogens with one attached hydrogen (secondary N) is 1. The van der Waals surface area contributed by atoms with Crippen molar-refractivity contribution < 1.29 is 14.0 Å². The fourth-order valence-corrected chi connectivity index (χ4v) is 4.14. The molecule has 7 heteroatoms. The van der Waals surface area contributed by atoms with E-state index in [-0.39, 0.29) is 18.0 Å². The quantitative estimate of drug-likeness (QED) is 0.609. The summed E-state index contributed by atoms with van der Waals surface area (Å²) in [6.45, 7) is 2.91. The number of hydrogen-bond acceptors (Lipinski definition) is 3. The zero-order valence-corrected chi connectivity index (χ0v) is 18.4. The Balaban J connectivity index is 1.40. The van der Waals surface area contributed by atoms with Gasteiger partial charge in [-0.25, -0.2) is 4.79 Å². The van der Waals surface area contributed by atoms with Crippen LogP contribution in [-0.2, 0) is 11.3 Å². The molecule has 0 aliphatic carbocycles. The SMILES string of the molecule is CC(NC(=O)N1CCCC1C(=O)N(C)Cc1ccc(Cl)cc1)c1cc2ccccc2o1. The van der Waals surface area contributed by atoms with Crippen molar-refractivity contribution in [3.63, 3.8) is 0 Å². The second-order valence-electron chi connectivity index (χ2n) is 8.03. The van der Waals surface area contributed by atoms with Crippen LogP contribution in [0, 0.1) is 0 Å². The lowest BCUT2D eigenvalue weighted by molar-refractivity contribution is -0.134. The first-order chi connectivity index (χ1) is 14.9. The van der Waals surface area contributed by atoms with Gasteiger partial charge in [0.15, 0.2) is 0 Å². The molecule has 2 atom stereocenters. The normalized spacial score (nSPS) is 17.0. The summed E-state index contributed by atoms with van der Waals surface area (Å²) in [7, 11) is 1.77. The van der Waals surface area contributed by atoms with E-state index < -0.39 is 6.04 Å². The predicted octanol–water partition coefficient (Wildman–Crippen LogP) is 4.98. The molecule has 0 radical (unpaired) electrons. The number of carbonyl (C=O) groups is 2. The molecule has 2 unspecified atom stereocenters. The van der Waals surface area contributed by atoms with Crippen molar-refractivity contribution in [2.24, 2.45) is 0 Å². The number of halogens is 1. The molecule has 4 rings (SSSR count). The maximum atomic E-state index is 13.1. The summed E-state index contributed by atoms with van der Waals surface area (Å²) in [5, 5.41) is 4.65. The molecule has 1 saturated heterocycles. The number of carbonyl (C=O) groups excluding carboxylic acids is 2. The van der Waals surface area contributed by atoms with Crippen LogP contribution < -0.4 is 5.32 Å². The molecule has 2 aromatic carbocycles. The van der Waals surface area contributed by atoms with E-state index >= 15 is 0 Å². The molecular formula is C24H26ClN3O3. The highest BCUT2D eigenvalue weighted by Gasteiger charge is 2.36. The number of likely N-dealkylation sites (tertiary alicyclic amines) is 1. The lowest BCUT2D eigenvalue weighted by Crippen LogP contribution is -2.50. The Morgan fingerprint density at radius 1 is 1.23 bits per heavy atom. The Bertz CT molecular complexity index is 1050. The first-order valence-electron chi connectivity index (χ1n) is 10.5. The van der Waals surface area contributed by atoms with Gasteiger partial charge in [0, 0.05) is 30.5 Å². The molecule has 3 aromatic rings. The van der Waals surface area contributed by atoms with Gasteiger partial charge in [-0.05, 0) is 49.6 Å². The third-order valence-corrected chi connectivity index (χ3v) is 5.97. The first-order valence-corrected chi connectivity index (χ1v) is 10.8. The zero-order chi connectivity index (χ0) is 22.0. The number of fused-ring (bicyclic) bond motifs is 1. The van der Waals surface area contributed by atoms with Gasteiger partial charge in [-0.1, -0.05) is 41.9 Å². The van der Waals surface area contributed by atoms with Crippen LogP contribution >= 0.6 is 11.6 Å². The highest BCUT2D eigenvalue weighted by Crippen LogP contribution is 2.25. The zero-order valence-electron chi connectivity index (χ0n) is 17.7. The van der Waals surface area contributed by atoms with E-state index in [0.29, 0.717) is 30.3 Å². The number of nitrogens with zero attached hydrogens (tertiary/aromatic N) is 2. The van der Waals surface area contributed by atoms with Crippen LogP contribution in [0.3, 0.4) is 0 Å². The van der Waals surface area contributed by atoms with Crippen molar-refractivity contribution in [3.8, 4) is 0 Å². The summed E-state index contributed by atoms with van der Waals surface area (Å²) < 4.78 is 5.86. The number of rotatable bonds is 5. The highest BCUT2D eigenvalue weighted by atomic mass is 35.5. The minimum Gasteiger partial charge on any atom is -0.459 e. The molecule has 1 aromatic heterocycles. The number of para-hydroxylation sites is 1. The molecular weight excluding hydrogens is 414 g/mol. The van der Waals surface area contributed by atoms with Gasteiger partial charge < -0.3 is 19.5 Å². The van der Waals surface area contributed by atoms with Gasteiger partial charge in [0.25, 0.3) is 0 Å². The van der Waals surface area contributed by atoms with Crippen molar-refractivity contribution in [1.29, 1.82) is 0 Å². The van der Waals surface area contributed by atoms with Crippen LogP contribution in [0.2, 0.25) is 5.02 Å². The van der Waals surface area contributed by atoms with Crippen LogP contribution in [0.15, 0.2) is 59.0 Å². The summed E-state index contributed by atoms with van der Waals surface area (Å²) in [6.07, 6.45) is 1.47. The summed E-state index contributed by atoms with van der Waals surface area (Å²) in [4.78, 5) is 29.3. The van der Waals surface area contributed by atoms with Crippen LogP contribution in [0.1, 0.15) is 37.1 Å². The van der Waals surface area contributed by atoms with Crippen LogP contribution in [-0.4, -0.2) is 41.4 Å². The van der Waals surface area contributed by atoms with Crippen molar-refractivity contribution in [1.82, 2.24) is 15.1 Å². The topological polar surface area (TPSA) is 65.8 Å². The van der Waals surface area contributed by atoms with Crippen molar-refractivity contribution in [3.05, 3.63) is 70.9 Å². The summed E-state index contributed by atoms with van der Waals surface area (Å²) in [6, 6.07) is 16.1. The molecule has 0 bridgehead atoms. The summed E-state index contributed by atoms with van der Waals surface area (Å²) in [5.74, 6) is 0.635. The fraction of sp³-hybridized carbons (Fsp3) is 0.333. The number of benzene rings is 2. The van der Waals surface area contributed by atoms with Gasteiger partial charge in [-0.15, -0.1) is 0 Å². The Labute approximate surface area is 186 Å². The number of amides is 3. The maximum absolute atomic E-state index is 13.1. The second kappa shape index (κ2) is 9.02. The summed E-state index contributed by atoms with van der Waals surface area (Å²) >= 11 is 5.94. The predicted molar refractivity (Wildman–Crippen MR) is 121 cm³/mol. The van der Waals surface area contributed by atoms with Gasteiger partial charge in [0.05, 0.1) is 6.04 Å². The highest BCUT2D eigenvalue weighted by molar-refractivity contribution is 6.30. The van der Waals surface area contributed by atoms with Crippen LogP contribution in [0.5, 0.6) is 0 Å². The Morgan fingerprint density at radius 2 is 1.97 bits per heavy atom. The molecule has 1 fully saturated rings.